The summed E-state index contributed by atoms with van der Waals surface area (Å²) in [5, 5.41) is 9.01. The number of hydrogen-bond acceptors (Lipinski definition) is 5. The summed E-state index contributed by atoms with van der Waals surface area (Å²) in [6, 6.07) is 12.1. The van der Waals surface area contributed by atoms with Gasteiger partial charge in [-0.3, -0.25) is 4.31 Å². The molecule has 0 amide bonds. The van der Waals surface area contributed by atoms with Crippen LogP contribution in [0.1, 0.15) is 24.8 Å². The Kier molecular flexibility index (Phi) is 6.39. The van der Waals surface area contributed by atoms with Gasteiger partial charge in [0.15, 0.2) is 0 Å². The van der Waals surface area contributed by atoms with Crippen LogP contribution in [0.25, 0.3) is 0 Å². The predicted octanol–water partition coefficient (Wildman–Crippen LogP) is 3.69. The van der Waals surface area contributed by atoms with Gasteiger partial charge in [0.1, 0.15) is 10.9 Å². The highest BCUT2D eigenvalue weighted by Crippen LogP contribution is 2.27. The summed E-state index contributed by atoms with van der Waals surface area (Å²) in [6.45, 7) is 0.932. The number of hydrogen-bond donors (Lipinski definition) is 0. The molecular weight excluding hydrogens is 400 g/mol. The van der Waals surface area contributed by atoms with E-state index in [1.807, 2.05) is 0 Å². The van der Waals surface area contributed by atoms with Crippen LogP contribution in [0.3, 0.4) is 0 Å². The molecule has 0 unspecified atom stereocenters. The van der Waals surface area contributed by atoms with Crippen LogP contribution in [0.2, 0.25) is 5.15 Å². The molecule has 1 aliphatic heterocycles. The Hall–Kier alpha value is -2.76. The van der Waals surface area contributed by atoms with E-state index in [9.17, 15) is 8.42 Å². The van der Waals surface area contributed by atoms with Crippen LogP contribution >= 0.6 is 11.6 Å². The average molecular weight is 419 g/mol. The number of aromatic nitrogens is 1. The van der Waals surface area contributed by atoms with Crippen molar-refractivity contribution in [1.29, 1.82) is 5.26 Å². The summed E-state index contributed by atoms with van der Waals surface area (Å²) in [6.07, 6.45) is 6.88. The van der Waals surface area contributed by atoms with E-state index >= 15 is 0 Å². The Labute approximate surface area is 169 Å². The molecule has 0 aliphatic carbocycles. The SMILES string of the molecule is N#Cc1ccc(OCCCCCN2C=CN(c3ccnc(Cl)c3)S2(=O)=O)cc1. The maximum absolute atomic E-state index is 12.6. The number of nitriles is 1. The lowest BCUT2D eigenvalue weighted by Gasteiger charge is -2.21. The number of rotatable bonds is 8. The third-order valence-electron chi connectivity index (χ3n) is 4.15. The van der Waals surface area contributed by atoms with Gasteiger partial charge in [-0.05, 0) is 49.6 Å². The molecule has 1 aliphatic rings. The van der Waals surface area contributed by atoms with E-state index in [4.69, 9.17) is 21.6 Å². The van der Waals surface area contributed by atoms with Crippen molar-refractivity contribution in [2.24, 2.45) is 0 Å². The third kappa shape index (κ3) is 4.74. The number of unbranched alkanes of at least 4 members (excludes halogenated alkanes) is 2. The molecule has 0 atom stereocenters. The lowest BCUT2D eigenvalue weighted by atomic mass is 10.2. The molecule has 1 aromatic heterocycles. The molecule has 0 radical (unpaired) electrons. The summed E-state index contributed by atoms with van der Waals surface area (Å²) in [4.78, 5) is 3.87. The molecular formula is C19H19ClN4O3S. The van der Waals surface area contributed by atoms with Crippen molar-refractivity contribution in [3.8, 4) is 11.8 Å². The van der Waals surface area contributed by atoms with E-state index in [0.29, 0.717) is 30.8 Å². The minimum atomic E-state index is -3.63. The fourth-order valence-corrected chi connectivity index (χ4v) is 4.25. The normalized spacial score (nSPS) is 14.9. The molecule has 28 heavy (non-hydrogen) atoms. The van der Waals surface area contributed by atoms with Crippen LogP contribution in [0.5, 0.6) is 5.75 Å². The molecule has 0 fully saturated rings. The van der Waals surface area contributed by atoms with Gasteiger partial charge in [0, 0.05) is 31.2 Å². The molecule has 0 spiro atoms. The molecule has 1 aromatic carbocycles. The van der Waals surface area contributed by atoms with Crippen molar-refractivity contribution >= 4 is 27.5 Å². The summed E-state index contributed by atoms with van der Waals surface area (Å²) in [5.74, 6) is 0.718. The average Bonchev–Trinajstić information content (AvgIpc) is 2.99. The Morgan fingerprint density at radius 3 is 2.61 bits per heavy atom. The zero-order chi connectivity index (χ0) is 20.0. The van der Waals surface area contributed by atoms with Crippen molar-refractivity contribution in [3.05, 3.63) is 65.7 Å². The van der Waals surface area contributed by atoms with Gasteiger partial charge in [0.25, 0.3) is 0 Å². The number of nitrogens with zero attached hydrogens (tertiary/aromatic N) is 4. The topological polar surface area (TPSA) is 86.5 Å². The van der Waals surface area contributed by atoms with Crippen molar-refractivity contribution in [1.82, 2.24) is 9.29 Å². The van der Waals surface area contributed by atoms with Gasteiger partial charge in [-0.15, -0.1) is 0 Å². The van der Waals surface area contributed by atoms with Crippen LogP contribution in [0, 0.1) is 11.3 Å². The van der Waals surface area contributed by atoms with E-state index in [0.717, 1.165) is 18.6 Å². The van der Waals surface area contributed by atoms with Crippen molar-refractivity contribution < 1.29 is 13.2 Å². The van der Waals surface area contributed by atoms with Gasteiger partial charge in [0.05, 0.1) is 23.9 Å². The molecule has 146 valence electrons. The number of ether oxygens (including phenoxy) is 1. The van der Waals surface area contributed by atoms with Gasteiger partial charge in [-0.25, -0.2) is 9.29 Å². The van der Waals surface area contributed by atoms with Crippen LogP contribution < -0.4 is 9.04 Å². The highest BCUT2D eigenvalue weighted by atomic mass is 35.5. The maximum Gasteiger partial charge on any atom is 0.329 e. The fraction of sp³-hybridized carbons (Fsp3) is 0.263. The van der Waals surface area contributed by atoms with Gasteiger partial charge in [-0.1, -0.05) is 11.6 Å². The lowest BCUT2D eigenvalue weighted by molar-refractivity contribution is 0.303. The van der Waals surface area contributed by atoms with E-state index in [2.05, 4.69) is 11.1 Å². The summed E-state index contributed by atoms with van der Waals surface area (Å²) in [7, 11) is -3.63. The lowest BCUT2D eigenvalue weighted by Crippen LogP contribution is -2.33. The highest BCUT2D eigenvalue weighted by Gasteiger charge is 2.31. The number of halogens is 1. The smallest absolute Gasteiger partial charge is 0.329 e. The standard InChI is InChI=1S/C19H19ClN4O3S/c20-19-14-17(8-9-22-19)24-12-11-23(28(24,25)26)10-2-1-3-13-27-18-6-4-16(15-21)5-7-18/h4-9,11-12,14H,1-3,10,13H2. The minimum Gasteiger partial charge on any atom is -0.494 e. The van der Waals surface area contributed by atoms with E-state index < -0.39 is 10.2 Å². The summed E-state index contributed by atoms with van der Waals surface area (Å²) >= 11 is 5.85. The van der Waals surface area contributed by atoms with E-state index in [1.54, 1.807) is 36.5 Å². The van der Waals surface area contributed by atoms with Gasteiger partial charge >= 0.3 is 10.2 Å². The van der Waals surface area contributed by atoms with Gasteiger partial charge in [0.2, 0.25) is 0 Å². The zero-order valence-electron chi connectivity index (χ0n) is 15.0. The molecule has 7 nitrogen and oxygen atoms in total. The molecule has 0 N–H and O–H groups in total. The second-order valence-electron chi connectivity index (χ2n) is 6.09. The van der Waals surface area contributed by atoms with Crippen molar-refractivity contribution in [2.75, 3.05) is 17.5 Å². The van der Waals surface area contributed by atoms with Crippen LogP contribution in [-0.2, 0) is 10.2 Å². The molecule has 0 saturated carbocycles. The first kappa shape index (κ1) is 20.0. The second kappa shape index (κ2) is 8.95. The molecule has 0 bridgehead atoms. The van der Waals surface area contributed by atoms with E-state index in [1.165, 1.54) is 27.1 Å². The Morgan fingerprint density at radius 1 is 1.11 bits per heavy atom. The molecule has 2 aromatic rings. The van der Waals surface area contributed by atoms with E-state index in [-0.39, 0.29) is 5.15 Å². The predicted molar refractivity (Wildman–Crippen MR) is 107 cm³/mol. The van der Waals surface area contributed by atoms with Crippen LogP contribution in [0.15, 0.2) is 55.0 Å². The molecule has 3 rings (SSSR count). The van der Waals surface area contributed by atoms with Crippen LogP contribution in [0.4, 0.5) is 5.69 Å². The largest absolute Gasteiger partial charge is 0.494 e. The zero-order valence-corrected chi connectivity index (χ0v) is 16.6. The number of pyridine rings is 1. The van der Waals surface area contributed by atoms with Gasteiger partial charge < -0.3 is 4.74 Å². The second-order valence-corrected chi connectivity index (χ2v) is 8.24. The monoisotopic (exact) mass is 418 g/mol. The highest BCUT2D eigenvalue weighted by molar-refractivity contribution is 7.91. The summed E-state index contributed by atoms with van der Waals surface area (Å²) in [5.41, 5.74) is 1.05. The Bertz CT molecular complexity index is 987. The number of benzene rings is 1. The molecule has 0 saturated heterocycles. The molecule has 9 heteroatoms. The third-order valence-corrected chi connectivity index (χ3v) is 6.09. The van der Waals surface area contributed by atoms with Crippen molar-refractivity contribution in [2.45, 2.75) is 19.3 Å². The first-order valence-electron chi connectivity index (χ1n) is 8.75. The maximum atomic E-state index is 12.6. The van der Waals surface area contributed by atoms with Gasteiger partial charge in [-0.2, -0.15) is 13.7 Å². The van der Waals surface area contributed by atoms with Crippen molar-refractivity contribution in [3.63, 3.8) is 0 Å². The van der Waals surface area contributed by atoms with Crippen LogP contribution in [-0.4, -0.2) is 30.9 Å². The Balaban J connectivity index is 1.41. The summed E-state index contributed by atoms with van der Waals surface area (Å²) < 4.78 is 33.4. The minimum absolute atomic E-state index is 0.238. The quantitative estimate of drug-likeness (QED) is 0.482. The first-order chi connectivity index (χ1) is 13.5. The Morgan fingerprint density at radius 2 is 1.89 bits per heavy atom. The number of anilines is 1. The molecule has 2 heterocycles. The first-order valence-corrected chi connectivity index (χ1v) is 10.5. The fourth-order valence-electron chi connectivity index (χ4n) is 2.70.